The van der Waals surface area contributed by atoms with E-state index < -0.39 is 30.7 Å². The summed E-state index contributed by atoms with van der Waals surface area (Å²) in [6, 6.07) is 6.23. The number of anilines is 1. The highest BCUT2D eigenvalue weighted by atomic mass is 19.4. The molecule has 1 saturated heterocycles. The van der Waals surface area contributed by atoms with Crippen molar-refractivity contribution in [2.24, 2.45) is 0 Å². The SMILES string of the molecule is CC(C)Oc1ccc(NC(=O)N2CCC(O)(C(F)(F)F)CC2)cc1. The highest BCUT2D eigenvalue weighted by Crippen LogP contribution is 2.38. The van der Waals surface area contributed by atoms with Crippen molar-refractivity contribution in [1.29, 1.82) is 0 Å². The van der Waals surface area contributed by atoms with Crippen LogP contribution in [0.3, 0.4) is 0 Å². The van der Waals surface area contributed by atoms with Crippen molar-refractivity contribution in [3.63, 3.8) is 0 Å². The van der Waals surface area contributed by atoms with Gasteiger partial charge in [0, 0.05) is 31.6 Å². The number of piperidine rings is 1. The summed E-state index contributed by atoms with van der Waals surface area (Å²) in [6.07, 6.45) is -5.69. The van der Waals surface area contributed by atoms with Gasteiger partial charge in [0.1, 0.15) is 5.75 Å². The van der Waals surface area contributed by atoms with E-state index in [9.17, 15) is 23.1 Å². The molecule has 1 aromatic rings. The van der Waals surface area contributed by atoms with E-state index in [1.165, 1.54) is 4.90 Å². The van der Waals surface area contributed by atoms with Crippen LogP contribution in [0.5, 0.6) is 5.75 Å². The predicted molar refractivity (Wildman–Crippen MR) is 83.0 cm³/mol. The van der Waals surface area contributed by atoms with Gasteiger partial charge < -0.3 is 20.1 Å². The molecule has 2 rings (SSSR count). The summed E-state index contributed by atoms with van der Waals surface area (Å²) >= 11 is 0. The lowest BCUT2D eigenvalue weighted by atomic mass is 9.91. The quantitative estimate of drug-likeness (QED) is 0.882. The number of carbonyl (C=O) groups is 1. The van der Waals surface area contributed by atoms with Gasteiger partial charge in [-0.2, -0.15) is 13.2 Å². The Bertz CT molecular complexity index is 565. The van der Waals surface area contributed by atoms with Gasteiger partial charge in [-0.25, -0.2) is 4.79 Å². The molecule has 1 fully saturated rings. The number of nitrogens with zero attached hydrogens (tertiary/aromatic N) is 1. The van der Waals surface area contributed by atoms with Crippen molar-refractivity contribution < 1.29 is 27.8 Å². The Kier molecular flexibility index (Phi) is 5.27. The zero-order chi connectivity index (χ0) is 18.0. The number of halogens is 3. The van der Waals surface area contributed by atoms with Crippen LogP contribution in [-0.4, -0.2) is 47.0 Å². The van der Waals surface area contributed by atoms with Gasteiger partial charge in [-0.05, 0) is 38.1 Å². The number of nitrogens with one attached hydrogen (secondary N) is 1. The van der Waals surface area contributed by atoms with E-state index in [1.54, 1.807) is 24.3 Å². The third-order valence-electron chi connectivity index (χ3n) is 3.88. The van der Waals surface area contributed by atoms with Crippen LogP contribution in [0.1, 0.15) is 26.7 Å². The van der Waals surface area contributed by atoms with Crippen LogP contribution in [0, 0.1) is 0 Å². The van der Waals surface area contributed by atoms with Gasteiger partial charge in [0.25, 0.3) is 0 Å². The van der Waals surface area contributed by atoms with Gasteiger partial charge in [-0.3, -0.25) is 0 Å². The second-order valence-corrected chi connectivity index (χ2v) is 6.14. The average molecular weight is 346 g/mol. The first-order chi connectivity index (χ1) is 11.1. The van der Waals surface area contributed by atoms with Crippen LogP contribution < -0.4 is 10.1 Å². The number of hydrogen-bond acceptors (Lipinski definition) is 3. The Balaban J connectivity index is 1.90. The number of amides is 2. The smallest absolute Gasteiger partial charge is 0.417 e. The second-order valence-electron chi connectivity index (χ2n) is 6.14. The zero-order valence-corrected chi connectivity index (χ0v) is 13.6. The lowest BCUT2D eigenvalue weighted by Gasteiger charge is -2.38. The summed E-state index contributed by atoms with van der Waals surface area (Å²) in [6.45, 7) is 3.48. The molecule has 0 aliphatic carbocycles. The predicted octanol–water partition coefficient (Wildman–Crippen LogP) is 3.39. The van der Waals surface area contributed by atoms with Crippen molar-refractivity contribution in [2.45, 2.75) is 44.6 Å². The summed E-state index contributed by atoms with van der Waals surface area (Å²) in [5, 5.41) is 12.2. The number of hydrogen-bond donors (Lipinski definition) is 2. The van der Waals surface area contributed by atoms with Gasteiger partial charge >= 0.3 is 12.2 Å². The minimum Gasteiger partial charge on any atom is -0.491 e. The summed E-state index contributed by atoms with van der Waals surface area (Å²) < 4.78 is 43.7. The van der Waals surface area contributed by atoms with E-state index in [4.69, 9.17) is 4.74 Å². The molecule has 0 saturated carbocycles. The number of rotatable bonds is 3. The molecule has 1 aliphatic rings. The van der Waals surface area contributed by atoms with Crippen molar-refractivity contribution >= 4 is 11.7 Å². The van der Waals surface area contributed by atoms with E-state index in [0.717, 1.165) is 0 Å². The maximum absolute atomic E-state index is 12.7. The first-order valence-corrected chi connectivity index (χ1v) is 7.72. The molecule has 24 heavy (non-hydrogen) atoms. The Morgan fingerprint density at radius 1 is 1.25 bits per heavy atom. The van der Waals surface area contributed by atoms with Gasteiger partial charge in [0.05, 0.1) is 6.10 Å². The molecule has 1 heterocycles. The first-order valence-electron chi connectivity index (χ1n) is 7.72. The molecule has 0 bridgehead atoms. The summed E-state index contributed by atoms with van der Waals surface area (Å²) in [4.78, 5) is 13.4. The fourth-order valence-electron chi connectivity index (χ4n) is 2.45. The van der Waals surface area contributed by atoms with E-state index >= 15 is 0 Å². The van der Waals surface area contributed by atoms with Gasteiger partial charge in [-0.1, -0.05) is 0 Å². The molecular weight excluding hydrogens is 325 g/mol. The van der Waals surface area contributed by atoms with E-state index in [0.29, 0.717) is 11.4 Å². The molecule has 2 N–H and O–H groups in total. The molecule has 0 aromatic heterocycles. The number of urea groups is 1. The molecule has 134 valence electrons. The number of likely N-dealkylation sites (tertiary alicyclic amines) is 1. The highest BCUT2D eigenvalue weighted by molar-refractivity contribution is 5.89. The summed E-state index contributed by atoms with van der Waals surface area (Å²) in [7, 11) is 0. The van der Waals surface area contributed by atoms with E-state index in [1.807, 2.05) is 13.8 Å². The minimum atomic E-state index is -4.68. The molecule has 1 aliphatic heterocycles. The first kappa shape index (κ1) is 18.4. The lowest BCUT2D eigenvalue weighted by Crippen LogP contribution is -2.55. The maximum Gasteiger partial charge on any atom is 0.417 e. The Morgan fingerprint density at radius 3 is 2.25 bits per heavy atom. The summed E-state index contributed by atoms with van der Waals surface area (Å²) in [5.74, 6) is 0.663. The number of alkyl halides is 3. The van der Waals surface area contributed by atoms with E-state index in [-0.39, 0.29) is 19.2 Å². The molecule has 0 spiro atoms. The highest BCUT2D eigenvalue weighted by Gasteiger charge is 2.54. The van der Waals surface area contributed by atoms with Crippen molar-refractivity contribution in [1.82, 2.24) is 4.90 Å². The number of ether oxygens (including phenoxy) is 1. The largest absolute Gasteiger partial charge is 0.491 e. The molecule has 8 heteroatoms. The topological polar surface area (TPSA) is 61.8 Å². The van der Waals surface area contributed by atoms with Crippen LogP contribution in [0.15, 0.2) is 24.3 Å². The minimum absolute atomic E-state index is 0.0335. The van der Waals surface area contributed by atoms with Crippen molar-refractivity contribution in [2.75, 3.05) is 18.4 Å². The monoisotopic (exact) mass is 346 g/mol. The molecule has 1 aromatic carbocycles. The maximum atomic E-state index is 12.7. The lowest BCUT2D eigenvalue weighted by molar-refractivity contribution is -0.271. The van der Waals surface area contributed by atoms with Crippen molar-refractivity contribution in [3.05, 3.63) is 24.3 Å². The molecule has 5 nitrogen and oxygen atoms in total. The van der Waals surface area contributed by atoms with Crippen LogP contribution in [0.2, 0.25) is 0 Å². The normalized spacial score (nSPS) is 17.7. The number of carbonyl (C=O) groups excluding carboxylic acids is 1. The third-order valence-corrected chi connectivity index (χ3v) is 3.88. The van der Waals surface area contributed by atoms with Crippen molar-refractivity contribution in [3.8, 4) is 5.75 Å². The van der Waals surface area contributed by atoms with Gasteiger partial charge in [-0.15, -0.1) is 0 Å². The zero-order valence-electron chi connectivity index (χ0n) is 13.6. The molecule has 0 radical (unpaired) electrons. The number of aliphatic hydroxyl groups is 1. The Labute approximate surface area is 138 Å². The van der Waals surface area contributed by atoms with Crippen LogP contribution in [0.25, 0.3) is 0 Å². The molecule has 0 unspecified atom stereocenters. The van der Waals surface area contributed by atoms with Crippen LogP contribution >= 0.6 is 0 Å². The molecule has 0 atom stereocenters. The molecular formula is C16H21F3N2O3. The average Bonchev–Trinajstić information content (AvgIpc) is 2.48. The fraction of sp³-hybridized carbons (Fsp3) is 0.562. The standard InChI is InChI=1S/C16H21F3N2O3/c1-11(2)24-13-5-3-12(4-6-13)20-14(22)21-9-7-15(23,8-10-21)16(17,18)19/h3-6,11,23H,7-10H2,1-2H3,(H,20,22). The van der Waals surface area contributed by atoms with E-state index in [2.05, 4.69) is 5.32 Å². The van der Waals surface area contributed by atoms with Crippen LogP contribution in [0.4, 0.5) is 23.7 Å². The molecule has 2 amide bonds. The summed E-state index contributed by atoms with van der Waals surface area (Å²) in [5.41, 5.74) is -2.19. The van der Waals surface area contributed by atoms with Crippen LogP contribution in [-0.2, 0) is 0 Å². The van der Waals surface area contributed by atoms with Gasteiger partial charge in [0.2, 0.25) is 0 Å². The fourth-order valence-corrected chi connectivity index (χ4v) is 2.45. The second kappa shape index (κ2) is 6.88. The Morgan fingerprint density at radius 2 is 1.79 bits per heavy atom. The Hall–Kier alpha value is -1.96. The third kappa shape index (κ3) is 4.31. The van der Waals surface area contributed by atoms with Gasteiger partial charge in [0.15, 0.2) is 5.60 Å². The number of benzene rings is 1.